The lowest BCUT2D eigenvalue weighted by Gasteiger charge is -2.34. The van der Waals surface area contributed by atoms with Gasteiger partial charge in [0, 0.05) is 11.1 Å². The summed E-state index contributed by atoms with van der Waals surface area (Å²) in [6.45, 7) is 6.70. The number of thioether (sulfide) groups is 1. The van der Waals surface area contributed by atoms with Crippen molar-refractivity contribution in [1.82, 2.24) is 20.5 Å². The molecule has 0 radical (unpaired) electrons. The molecular formula is C20H27ClN4O2S. The highest BCUT2D eigenvalue weighted by molar-refractivity contribution is 7.99. The average molecular weight is 423 g/mol. The van der Waals surface area contributed by atoms with E-state index in [-0.39, 0.29) is 18.6 Å². The molecule has 2 aromatic rings. The quantitative estimate of drug-likeness (QED) is 0.647. The van der Waals surface area contributed by atoms with E-state index in [4.69, 9.17) is 16.3 Å². The fourth-order valence-electron chi connectivity index (χ4n) is 3.43. The van der Waals surface area contributed by atoms with Gasteiger partial charge in [0.15, 0.2) is 5.82 Å². The minimum absolute atomic E-state index is 0.0372. The van der Waals surface area contributed by atoms with Crippen LogP contribution in [0.25, 0.3) is 0 Å². The van der Waals surface area contributed by atoms with Crippen molar-refractivity contribution >= 4 is 29.3 Å². The van der Waals surface area contributed by atoms with Gasteiger partial charge in [-0.05, 0) is 48.9 Å². The molecule has 0 spiro atoms. The minimum Gasteiger partial charge on any atom is -0.486 e. The standard InChI is InChI=1S/C20H27ClN4O2S/c1-12-5-4-6-17(14(12)3)22-19(26)11-28-20-23-18(24-25-20)10-27-15-7-8-16(21)13(2)9-15/h7-9,12,14,17H,4-6,10-11H2,1-3H3,(H,22,26)(H,23,24,25)/t12-,14-,17-/m0/s1. The van der Waals surface area contributed by atoms with Crippen LogP contribution >= 0.6 is 23.4 Å². The molecule has 0 aliphatic heterocycles. The first kappa shape index (κ1) is 21.0. The van der Waals surface area contributed by atoms with E-state index in [1.165, 1.54) is 24.6 Å². The Morgan fingerprint density at radius 3 is 3.00 bits per heavy atom. The van der Waals surface area contributed by atoms with Gasteiger partial charge in [-0.1, -0.05) is 50.1 Å². The normalized spacial score (nSPS) is 22.1. The van der Waals surface area contributed by atoms with Crippen molar-refractivity contribution in [1.29, 1.82) is 0 Å². The summed E-state index contributed by atoms with van der Waals surface area (Å²) in [4.78, 5) is 16.7. The molecule has 0 saturated heterocycles. The van der Waals surface area contributed by atoms with Crippen LogP contribution in [0.3, 0.4) is 0 Å². The van der Waals surface area contributed by atoms with E-state index in [0.717, 1.165) is 17.7 Å². The Bertz CT molecular complexity index is 813. The first-order valence-corrected chi connectivity index (χ1v) is 11.0. The van der Waals surface area contributed by atoms with Crippen LogP contribution in [-0.2, 0) is 11.4 Å². The second-order valence-corrected chi connectivity index (χ2v) is 8.84. The number of nitrogens with zero attached hydrogens (tertiary/aromatic N) is 2. The number of aryl methyl sites for hydroxylation is 1. The van der Waals surface area contributed by atoms with Gasteiger partial charge in [-0.3, -0.25) is 9.89 Å². The molecule has 1 aromatic carbocycles. The van der Waals surface area contributed by atoms with Gasteiger partial charge >= 0.3 is 0 Å². The maximum atomic E-state index is 12.3. The van der Waals surface area contributed by atoms with Gasteiger partial charge in [-0.2, -0.15) is 0 Å². The van der Waals surface area contributed by atoms with Crippen LogP contribution in [0, 0.1) is 18.8 Å². The number of aromatic amines is 1. The second-order valence-electron chi connectivity index (χ2n) is 7.49. The number of nitrogens with one attached hydrogen (secondary N) is 2. The molecule has 0 bridgehead atoms. The predicted molar refractivity (Wildman–Crippen MR) is 112 cm³/mol. The Kier molecular flexibility index (Phi) is 7.24. The van der Waals surface area contributed by atoms with E-state index in [1.54, 1.807) is 6.07 Å². The molecule has 6 nitrogen and oxygen atoms in total. The number of ether oxygens (including phenoxy) is 1. The zero-order valence-corrected chi connectivity index (χ0v) is 18.1. The van der Waals surface area contributed by atoms with Crippen LogP contribution < -0.4 is 10.1 Å². The maximum absolute atomic E-state index is 12.3. The van der Waals surface area contributed by atoms with Gasteiger partial charge in [-0.25, -0.2) is 4.98 Å². The Morgan fingerprint density at radius 1 is 1.39 bits per heavy atom. The lowest BCUT2D eigenvalue weighted by molar-refractivity contribution is -0.120. The average Bonchev–Trinajstić information content (AvgIpc) is 3.13. The van der Waals surface area contributed by atoms with Crippen molar-refractivity contribution in [2.75, 3.05) is 5.75 Å². The molecule has 28 heavy (non-hydrogen) atoms. The number of hydrogen-bond donors (Lipinski definition) is 2. The summed E-state index contributed by atoms with van der Waals surface area (Å²) in [6, 6.07) is 5.78. The van der Waals surface area contributed by atoms with E-state index >= 15 is 0 Å². The van der Waals surface area contributed by atoms with Crippen LogP contribution in [0.1, 0.15) is 44.5 Å². The van der Waals surface area contributed by atoms with Crippen molar-refractivity contribution in [3.05, 3.63) is 34.6 Å². The molecule has 0 unspecified atom stereocenters. The van der Waals surface area contributed by atoms with Crippen LogP contribution in [0.5, 0.6) is 5.75 Å². The molecule has 3 rings (SSSR count). The van der Waals surface area contributed by atoms with E-state index in [1.807, 2.05) is 19.1 Å². The smallest absolute Gasteiger partial charge is 0.230 e. The molecule has 1 fully saturated rings. The number of hydrogen-bond acceptors (Lipinski definition) is 5. The molecule has 1 aliphatic rings. The van der Waals surface area contributed by atoms with Crippen molar-refractivity contribution in [2.45, 2.75) is 57.8 Å². The fraction of sp³-hybridized carbons (Fsp3) is 0.550. The summed E-state index contributed by atoms with van der Waals surface area (Å²) >= 11 is 7.35. The Balaban J connectivity index is 1.44. The van der Waals surface area contributed by atoms with E-state index < -0.39 is 0 Å². The third-order valence-corrected chi connectivity index (χ3v) is 6.67. The lowest BCUT2D eigenvalue weighted by Crippen LogP contribution is -2.44. The Hall–Kier alpha value is -1.73. The first-order valence-electron chi connectivity index (χ1n) is 9.64. The number of H-pyrrole nitrogens is 1. The van der Waals surface area contributed by atoms with Gasteiger partial charge in [0.25, 0.3) is 0 Å². The lowest BCUT2D eigenvalue weighted by atomic mass is 9.78. The molecule has 1 saturated carbocycles. The highest BCUT2D eigenvalue weighted by Crippen LogP contribution is 2.29. The number of halogens is 1. The fourth-order valence-corrected chi connectivity index (χ4v) is 4.18. The number of carbonyl (C=O) groups is 1. The topological polar surface area (TPSA) is 79.9 Å². The highest BCUT2D eigenvalue weighted by atomic mass is 35.5. The third-order valence-electron chi connectivity index (χ3n) is 5.40. The molecular weight excluding hydrogens is 396 g/mol. The number of benzene rings is 1. The molecule has 3 atom stereocenters. The van der Waals surface area contributed by atoms with Gasteiger partial charge in [0.2, 0.25) is 11.1 Å². The minimum atomic E-state index is 0.0372. The van der Waals surface area contributed by atoms with Crippen molar-refractivity contribution in [3.63, 3.8) is 0 Å². The number of amides is 1. The summed E-state index contributed by atoms with van der Waals surface area (Å²) in [5.41, 5.74) is 0.959. The summed E-state index contributed by atoms with van der Waals surface area (Å²) < 4.78 is 5.71. The van der Waals surface area contributed by atoms with Gasteiger partial charge in [0.1, 0.15) is 12.4 Å². The van der Waals surface area contributed by atoms with Crippen molar-refractivity contribution in [3.8, 4) is 5.75 Å². The molecule has 1 aromatic heterocycles. The van der Waals surface area contributed by atoms with Crippen LogP contribution in [0.2, 0.25) is 5.02 Å². The van der Waals surface area contributed by atoms with Crippen LogP contribution in [0.15, 0.2) is 23.4 Å². The molecule has 1 amide bonds. The molecule has 8 heteroatoms. The highest BCUT2D eigenvalue weighted by Gasteiger charge is 2.28. The monoisotopic (exact) mass is 422 g/mol. The van der Waals surface area contributed by atoms with Crippen LogP contribution in [-0.4, -0.2) is 32.9 Å². The van der Waals surface area contributed by atoms with Gasteiger partial charge < -0.3 is 10.1 Å². The largest absolute Gasteiger partial charge is 0.486 e. The first-order chi connectivity index (χ1) is 13.4. The summed E-state index contributed by atoms with van der Waals surface area (Å²) in [7, 11) is 0. The number of aromatic nitrogens is 3. The second kappa shape index (κ2) is 9.65. The third kappa shape index (κ3) is 5.64. The van der Waals surface area contributed by atoms with Gasteiger partial charge in [-0.15, -0.1) is 5.10 Å². The summed E-state index contributed by atoms with van der Waals surface area (Å²) in [6.07, 6.45) is 3.50. The molecule has 2 N–H and O–H groups in total. The number of rotatable bonds is 7. The maximum Gasteiger partial charge on any atom is 0.230 e. The predicted octanol–water partition coefficient (Wildman–Crippen LogP) is 4.38. The van der Waals surface area contributed by atoms with Crippen molar-refractivity contribution in [2.24, 2.45) is 11.8 Å². The van der Waals surface area contributed by atoms with E-state index in [2.05, 4.69) is 34.3 Å². The zero-order chi connectivity index (χ0) is 20.1. The van der Waals surface area contributed by atoms with E-state index in [0.29, 0.717) is 33.6 Å². The van der Waals surface area contributed by atoms with E-state index in [9.17, 15) is 4.79 Å². The summed E-state index contributed by atoms with van der Waals surface area (Å²) in [5, 5.41) is 11.4. The Labute approximate surface area is 175 Å². The number of carbonyl (C=O) groups excluding carboxylic acids is 1. The van der Waals surface area contributed by atoms with Gasteiger partial charge in [0.05, 0.1) is 5.75 Å². The zero-order valence-electron chi connectivity index (χ0n) is 16.5. The molecule has 1 aliphatic carbocycles. The van der Waals surface area contributed by atoms with Crippen LogP contribution in [0.4, 0.5) is 0 Å². The summed E-state index contributed by atoms with van der Waals surface area (Å²) in [5.74, 6) is 2.87. The SMILES string of the molecule is Cc1cc(OCc2nc(SCC(=O)N[C@H]3CCC[C@H](C)[C@@H]3C)n[nH]2)ccc1Cl. The molecule has 152 valence electrons. The Morgan fingerprint density at radius 2 is 2.21 bits per heavy atom. The van der Waals surface area contributed by atoms with Crippen molar-refractivity contribution < 1.29 is 9.53 Å². The molecule has 1 heterocycles.